The first-order chi connectivity index (χ1) is 8.99. The Morgan fingerprint density at radius 2 is 2.11 bits per heavy atom. The Kier molecular flexibility index (Phi) is 5.98. The molecule has 19 heavy (non-hydrogen) atoms. The summed E-state index contributed by atoms with van der Waals surface area (Å²) in [5, 5.41) is 9.77. The molecule has 0 aromatic carbocycles. The topological polar surface area (TPSA) is 84.5 Å². The van der Waals surface area contributed by atoms with Gasteiger partial charge in [-0.2, -0.15) is 0 Å². The summed E-state index contributed by atoms with van der Waals surface area (Å²) >= 11 is 0. The molecule has 1 rings (SSSR count). The Hall–Kier alpha value is -1.40. The van der Waals surface area contributed by atoms with Crippen molar-refractivity contribution < 1.29 is 9.84 Å². The second kappa shape index (κ2) is 7.25. The molecule has 6 heteroatoms. The number of ether oxygens (including phenoxy) is 1. The minimum atomic E-state index is -0.555. The molecule has 0 spiro atoms. The minimum absolute atomic E-state index is 0.297. The van der Waals surface area contributed by atoms with Crippen molar-refractivity contribution in [2.24, 2.45) is 0 Å². The number of hydrogen-bond donors (Lipinski definition) is 2. The SMILES string of the molecule is CCCc1nc(N)c(C)c(N(C)CC(O)COC)n1. The standard InChI is InChI=1S/C13H24N4O2/c1-5-6-11-15-12(14)9(2)13(16-11)17(3)7-10(18)8-19-4/h10,18H,5-8H2,1-4H3,(H2,14,15,16). The number of aliphatic hydroxyl groups excluding tert-OH is 1. The Morgan fingerprint density at radius 3 is 2.68 bits per heavy atom. The van der Waals surface area contributed by atoms with Gasteiger partial charge >= 0.3 is 0 Å². The molecular weight excluding hydrogens is 244 g/mol. The molecule has 0 aliphatic rings. The highest BCUT2D eigenvalue weighted by Crippen LogP contribution is 2.21. The minimum Gasteiger partial charge on any atom is -0.389 e. The fourth-order valence-electron chi connectivity index (χ4n) is 1.92. The predicted octanol–water partition coefficient (Wildman–Crippen LogP) is 0.763. The van der Waals surface area contributed by atoms with E-state index in [1.165, 1.54) is 0 Å². The van der Waals surface area contributed by atoms with E-state index < -0.39 is 6.10 Å². The lowest BCUT2D eigenvalue weighted by Crippen LogP contribution is -2.33. The molecule has 1 aromatic rings. The van der Waals surface area contributed by atoms with Gasteiger partial charge in [0, 0.05) is 32.7 Å². The third-order valence-corrected chi connectivity index (χ3v) is 2.88. The van der Waals surface area contributed by atoms with Gasteiger partial charge in [0.2, 0.25) is 0 Å². The molecule has 0 aliphatic heterocycles. The van der Waals surface area contributed by atoms with Crippen molar-refractivity contribution in [2.45, 2.75) is 32.8 Å². The van der Waals surface area contributed by atoms with E-state index in [-0.39, 0.29) is 0 Å². The van der Waals surface area contributed by atoms with E-state index in [0.29, 0.717) is 19.0 Å². The smallest absolute Gasteiger partial charge is 0.137 e. The van der Waals surface area contributed by atoms with Crippen molar-refractivity contribution in [1.29, 1.82) is 0 Å². The molecule has 0 amide bonds. The first kappa shape index (κ1) is 15.7. The maximum atomic E-state index is 9.77. The average Bonchev–Trinajstić information content (AvgIpc) is 2.34. The summed E-state index contributed by atoms with van der Waals surface area (Å²) in [6.07, 6.45) is 1.21. The van der Waals surface area contributed by atoms with Crippen LogP contribution in [0.25, 0.3) is 0 Å². The summed E-state index contributed by atoms with van der Waals surface area (Å²) in [7, 11) is 3.44. The van der Waals surface area contributed by atoms with Gasteiger partial charge in [-0.05, 0) is 13.3 Å². The molecule has 0 aliphatic carbocycles. The molecule has 0 radical (unpaired) electrons. The van der Waals surface area contributed by atoms with Gasteiger partial charge in [0.15, 0.2) is 0 Å². The Morgan fingerprint density at radius 1 is 1.42 bits per heavy atom. The van der Waals surface area contributed by atoms with E-state index in [1.807, 2.05) is 18.9 Å². The predicted molar refractivity (Wildman–Crippen MR) is 76.3 cm³/mol. The van der Waals surface area contributed by atoms with Crippen molar-refractivity contribution in [3.63, 3.8) is 0 Å². The molecule has 1 unspecified atom stereocenters. The van der Waals surface area contributed by atoms with Crippen molar-refractivity contribution in [3.05, 3.63) is 11.4 Å². The zero-order chi connectivity index (χ0) is 14.4. The number of likely N-dealkylation sites (N-methyl/N-ethyl adjacent to an activating group) is 1. The molecule has 108 valence electrons. The molecule has 1 atom stereocenters. The number of aliphatic hydroxyl groups is 1. The molecule has 0 bridgehead atoms. The maximum absolute atomic E-state index is 9.77. The zero-order valence-electron chi connectivity index (χ0n) is 12.2. The van der Waals surface area contributed by atoms with Gasteiger partial charge in [-0.1, -0.05) is 6.92 Å². The van der Waals surface area contributed by atoms with Gasteiger partial charge < -0.3 is 20.5 Å². The monoisotopic (exact) mass is 268 g/mol. The second-order valence-electron chi connectivity index (χ2n) is 4.71. The largest absolute Gasteiger partial charge is 0.389 e. The van der Waals surface area contributed by atoms with Crippen LogP contribution in [0.5, 0.6) is 0 Å². The summed E-state index contributed by atoms with van der Waals surface area (Å²) in [6.45, 7) is 4.70. The summed E-state index contributed by atoms with van der Waals surface area (Å²) < 4.78 is 4.92. The number of nitrogen functional groups attached to an aromatic ring is 1. The van der Waals surface area contributed by atoms with Crippen LogP contribution in [0.15, 0.2) is 0 Å². The second-order valence-corrected chi connectivity index (χ2v) is 4.71. The number of aryl methyl sites for hydroxylation is 1. The van der Waals surface area contributed by atoms with Crippen molar-refractivity contribution in [1.82, 2.24) is 9.97 Å². The molecule has 1 heterocycles. The van der Waals surface area contributed by atoms with Crippen LogP contribution in [0.1, 0.15) is 24.7 Å². The summed E-state index contributed by atoms with van der Waals surface area (Å²) in [5.41, 5.74) is 6.75. The van der Waals surface area contributed by atoms with Crippen LogP contribution in [-0.2, 0) is 11.2 Å². The fraction of sp³-hybridized carbons (Fsp3) is 0.692. The van der Waals surface area contributed by atoms with Crippen molar-refractivity contribution in [3.8, 4) is 0 Å². The van der Waals surface area contributed by atoms with Crippen LogP contribution in [0.2, 0.25) is 0 Å². The van der Waals surface area contributed by atoms with Gasteiger partial charge in [0.25, 0.3) is 0 Å². The van der Waals surface area contributed by atoms with E-state index in [1.54, 1.807) is 7.11 Å². The number of rotatable bonds is 7. The van der Waals surface area contributed by atoms with E-state index in [2.05, 4.69) is 16.9 Å². The van der Waals surface area contributed by atoms with Gasteiger partial charge in [0.05, 0.1) is 12.7 Å². The average molecular weight is 268 g/mol. The number of aromatic nitrogens is 2. The van der Waals surface area contributed by atoms with E-state index in [9.17, 15) is 5.11 Å². The van der Waals surface area contributed by atoms with Crippen LogP contribution < -0.4 is 10.6 Å². The maximum Gasteiger partial charge on any atom is 0.137 e. The normalized spacial score (nSPS) is 12.5. The molecule has 0 saturated heterocycles. The lowest BCUT2D eigenvalue weighted by molar-refractivity contribution is 0.0694. The fourth-order valence-corrected chi connectivity index (χ4v) is 1.92. The Balaban J connectivity index is 2.91. The van der Waals surface area contributed by atoms with Crippen LogP contribution in [0.3, 0.4) is 0 Å². The number of methoxy groups -OCH3 is 1. The highest BCUT2D eigenvalue weighted by atomic mass is 16.5. The van der Waals surface area contributed by atoms with Crippen molar-refractivity contribution in [2.75, 3.05) is 37.9 Å². The number of nitrogens with zero attached hydrogens (tertiary/aromatic N) is 3. The number of anilines is 2. The van der Waals surface area contributed by atoms with E-state index in [4.69, 9.17) is 10.5 Å². The number of nitrogens with two attached hydrogens (primary N) is 1. The molecule has 0 saturated carbocycles. The lowest BCUT2D eigenvalue weighted by atomic mass is 10.2. The zero-order valence-corrected chi connectivity index (χ0v) is 12.2. The first-order valence-electron chi connectivity index (χ1n) is 6.50. The molecule has 1 aromatic heterocycles. The molecule has 6 nitrogen and oxygen atoms in total. The highest BCUT2D eigenvalue weighted by Gasteiger charge is 2.15. The van der Waals surface area contributed by atoms with Crippen LogP contribution in [0, 0.1) is 6.92 Å². The summed E-state index contributed by atoms with van der Waals surface area (Å²) in [6, 6.07) is 0. The summed E-state index contributed by atoms with van der Waals surface area (Å²) in [4.78, 5) is 10.7. The Bertz CT molecular complexity index is 412. The van der Waals surface area contributed by atoms with Gasteiger partial charge in [-0.15, -0.1) is 0 Å². The van der Waals surface area contributed by atoms with E-state index in [0.717, 1.165) is 30.0 Å². The third kappa shape index (κ3) is 4.33. The van der Waals surface area contributed by atoms with Gasteiger partial charge in [0.1, 0.15) is 17.5 Å². The summed E-state index contributed by atoms with van der Waals surface area (Å²) in [5.74, 6) is 2.02. The van der Waals surface area contributed by atoms with Crippen LogP contribution in [0.4, 0.5) is 11.6 Å². The highest BCUT2D eigenvalue weighted by molar-refractivity contribution is 5.56. The third-order valence-electron chi connectivity index (χ3n) is 2.88. The number of hydrogen-bond acceptors (Lipinski definition) is 6. The van der Waals surface area contributed by atoms with Gasteiger partial charge in [-0.3, -0.25) is 0 Å². The van der Waals surface area contributed by atoms with Crippen LogP contribution >= 0.6 is 0 Å². The van der Waals surface area contributed by atoms with E-state index >= 15 is 0 Å². The Labute approximate surface area is 114 Å². The molecular formula is C13H24N4O2. The van der Waals surface area contributed by atoms with Crippen molar-refractivity contribution >= 4 is 11.6 Å². The van der Waals surface area contributed by atoms with Gasteiger partial charge in [-0.25, -0.2) is 9.97 Å². The molecule has 0 fully saturated rings. The quantitative estimate of drug-likeness (QED) is 0.759. The van der Waals surface area contributed by atoms with Crippen LogP contribution in [-0.4, -0.2) is 48.5 Å². The first-order valence-corrected chi connectivity index (χ1v) is 6.50. The molecule has 3 N–H and O–H groups in total. The lowest BCUT2D eigenvalue weighted by Gasteiger charge is -2.23.